The maximum absolute atomic E-state index is 14.5. The van der Waals surface area contributed by atoms with Gasteiger partial charge in [-0.25, -0.2) is 13.2 Å². The first kappa shape index (κ1) is 34.7. The number of fused-ring (bicyclic) bond motifs is 1. The minimum Gasteiger partial charge on any atom is -0.493 e. The number of aryl methyl sites for hydroxylation is 1. The smallest absolute Gasteiger partial charge is 0.394 e. The first-order chi connectivity index (χ1) is 23.0. The number of carboxylic acid groups (broad SMARTS) is 1. The molecule has 5 rings (SSSR count). The zero-order valence-electron chi connectivity index (χ0n) is 27.7. The van der Waals surface area contributed by atoms with Gasteiger partial charge < -0.3 is 14.7 Å². The van der Waals surface area contributed by atoms with Gasteiger partial charge in [0.05, 0.1) is 17.2 Å². The summed E-state index contributed by atoms with van der Waals surface area (Å²) in [6.45, 7) is 8.43. The number of sulfonamides is 1. The lowest BCUT2D eigenvalue weighted by Crippen LogP contribution is -2.41. The highest BCUT2D eigenvalue weighted by atomic mass is 32.2. The topological polar surface area (TPSA) is 107 Å². The molecule has 1 N–H and O–H groups in total. The molecule has 252 valence electrons. The molecule has 9 nitrogen and oxygen atoms in total. The van der Waals surface area contributed by atoms with Crippen LogP contribution in [0.1, 0.15) is 37.0 Å². The molecule has 0 saturated heterocycles. The Balaban J connectivity index is 1.61. The van der Waals surface area contributed by atoms with E-state index < -0.39 is 21.9 Å². The number of amides is 1. The summed E-state index contributed by atoms with van der Waals surface area (Å²) in [5, 5.41) is 9.75. The molecule has 10 heteroatoms. The SMILES string of the molecule is Cc1ccc(S(=O)(=O)N2CCCN(Cc3ccccc3)CCN(C(=O)C(=O)O)Cc3ccc(-c4cccc(OCC(C)C)c4)cc32)cc1. The van der Waals surface area contributed by atoms with Crippen LogP contribution in [0.3, 0.4) is 0 Å². The summed E-state index contributed by atoms with van der Waals surface area (Å²) in [6, 6.07) is 29.8. The van der Waals surface area contributed by atoms with Crippen molar-refractivity contribution in [3.05, 3.63) is 114 Å². The van der Waals surface area contributed by atoms with Crippen LogP contribution in [0.2, 0.25) is 0 Å². The molecule has 0 unspecified atom stereocenters. The molecule has 4 aromatic carbocycles. The van der Waals surface area contributed by atoms with E-state index >= 15 is 0 Å². The van der Waals surface area contributed by atoms with Crippen molar-refractivity contribution < 1.29 is 27.9 Å². The monoisotopic (exact) mass is 669 g/mol. The molecule has 0 spiro atoms. The number of rotatable bonds is 8. The van der Waals surface area contributed by atoms with E-state index in [1.807, 2.05) is 73.7 Å². The van der Waals surface area contributed by atoms with Gasteiger partial charge in [-0.15, -0.1) is 0 Å². The van der Waals surface area contributed by atoms with Crippen LogP contribution in [0.15, 0.2) is 102 Å². The standard InChI is InChI=1S/C38H43N3O6S/c1-28(2)27-47-34-12-7-11-31(23-34)32-15-16-33-26-40(37(42)38(43)44)22-21-39(25-30-9-5-4-6-10-30)19-8-20-41(36(33)24-32)48(45,46)35-17-13-29(3)14-18-35/h4-7,9-18,23-24,28H,8,19-22,25-27H2,1-3H3,(H,43,44). The number of aliphatic carboxylic acids is 1. The maximum atomic E-state index is 14.5. The molecular formula is C38H43N3O6S. The van der Waals surface area contributed by atoms with E-state index in [1.165, 1.54) is 9.21 Å². The van der Waals surface area contributed by atoms with Crippen LogP contribution in [-0.4, -0.2) is 68.0 Å². The third-order valence-electron chi connectivity index (χ3n) is 8.32. The number of nitrogens with zero attached hydrogens (tertiary/aromatic N) is 3. The highest BCUT2D eigenvalue weighted by Gasteiger charge is 2.30. The molecule has 1 aliphatic rings. The van der Waals surface area contributed by atoms with Crippen molar-refractivity contribution in [3.8, 4) is 16.9 Å². The molecule has 0 bridgehead atoms. The predicted molar refractivity (Wildman–Crippen MR) is 187 cm³/mol. The number of anilines is 1. The Kier molecular flexibility index (Phi) is 11.2. The molecule has 0 radical (unpaired) electrons. The van der Waals surface area contributed by atoms with Crippen molar-refractivity contribution in [3.63, 3.8) is 0 Å². The Bertz CT molecular complexity index is 1830. The predicted octanol–water partition coefficient (Wildman–Crippen LogP) is 6.21. The summed E-state index contributed by atoms with van der Waals surface area (Å²) < 4.78 is 36.3. The van der Waals surface area contributed by atoms with Crippen molar-refractivity contribution in [2.75, 3.05) is 37.1 Å². The van der Waals surface area contributed by atoms with Gasteiger partial charge >= 0.3 is 11.9 Å². The van der Waals surface area contributed by atoms with Crippen LogP contribution in [0.5, 0.6) is 5.75 Å². The van der Waals surface area contributed by atoms with E-state index in [1.54, 1.807) is 30.3 Å². The fourth-order valence-electron chi connectivity index (χ4n) is 5.75. The van der Waals surface area contributed by atoms with Crippen LogP contribution < -0.4 is 9.04 Å². The largest absolute Gasteiger partial charge is 0.493 e. The Labute approximate surface area is 283 Å². The lowest BCUT2D eigenvalue weighted by atomic mass is 10.0. The van der Waals surface area contributed by atoms with E-state index in [0.29, 0.717) is 55.6 Å². The second kappa shape index (κ2) is 15.5. The third kappa shape index (κ3) is 8.62. The Hall–Kier alpha value is -4.67. The Morgan fingerprint density at radius 3 is 2.27 bits per heavy atom. The minimum absolute atomic E-state index is 0.0720. The van der Waals surface area contributed by atoms with Crippen LogP contribution in [0.25, 0.3) is 11.1 Å². The van der Waals surface area contributed by atoms with Crippen LogP contribution >= 0.6 is 0 Å². The van der Waals surface area contributed by atoms with Gasteiger partial charge in [0.15, 0.2) is 0 Å². The average molecular weight is 670 g/mol. The Morgan fingerprint density at radius 2 is 1.56 bits per heavy atom. The summed E-state index contributed by atoms with van der Waals surface area (Å²) in [7, 11) is -4.06. The summed E-state index contributed by atoms with van der Waals surface area (Å²) in [5.74, 6) is -1.53. The number of hydrogen-bond donors (Lipinski definition) is 1. The van der Waals surface area contributed by atoms with Gasteiger partial charge in [-0.2, -0.15) is 0 Å². The molecule has 0 aliphatic carbocycles. The molecule has 1 amide bonds. The van der Waals surface area contributed by atoms with Crippen molar-refractivity contribution in [2.45, 2.75) is 45.2 Å². The molecule has 1 aliphatic heterocycles. The van der Waals surface area contributed by atoms with E-state index in [9.17, 15) is 23.1 Å². The van der Waals surface area contributed by atoms with Gasteiger partial charge in [-0.1, -0.05) is 86.1 Å². The van der Waals surface area contributed by atoms with Crippen LogP contribution in [0, 0.1) is 12.8 Å². The van der Waals surface area contributed by atoms with Gasteiger partial charge in [0, 0.05) is 39.3 Å². The van der Waals surface area contributed by atoms with Gasteiger partial charge in [-0.3, -0.25) is 14.0 Å². The molecule has 0 atom stereocenters. The number of benzene rings is 4. The second-order valence-electron chi connectivity index (χ2n) is 12.6. The van der Waals surface area contributed by atoms with Crippen molar-refractivity contribution in [1.29, 1.82) is 0 Å². The summed E-state index contributed by atoms with van der Waals surface area (Å²) in [5.41, 5.74) is 4.56. The molecule has 0 fully saturated rings. The number of carboxylic acids is 1. The molecule has 0 saturated carbocycles. The summed E-state index contributed by atoms with van der Waals surface area (Å²) >= 11 is 0. The normalized spacial score (nSPS) is 14.7. The number of ether oxygens (including phenoxy) is 1. The fraction of sp³-hybridized carbons (Fsp3) is 0.316. The van der Waals surface area contributed by atoms with Gasteiger partial charge in [-0.05, 0) is 71.8 Å². The van der Waals surface area contributed by atoms with E-state index in [2.05, 4.69) is 18.7 Å². The zero-order chi connectivity index (χ0) is 34.3. The number of hydrogen-bond acceptors (Lipinski definition) is 6. The van der Waals surface area contributed by atoms with E-state index in [0.717, 1.165) is 22.3 Å². The van der Waals surface area contributed by atoms with Crippen molar-refractivity contribution in [1.82, 2.24) is 9.80 Å². The van der Waals surface area contributed by atoms with Crippen LogP contribution in [0.4, 0.5) is 5.69 Å². The Morgan fingerprint density at radius 1 is 0.833 bits per heavy atom. The lowest BCUT2D eigenvalue weighted by Gasteiger charge is -2.29. The lowest BCUT2D eigenvalue weighted by molar-refractivity contribution is -0.156. The minimum atomic E-state index is -4.06. The molecule has 0 aromatic heterocycles. The molecule has 48 heavy (non-hydrogen) atoms. The highest BCUT2D eigenvalue weighted by Crippen LogP contribution is 2.34. The van der Waals surface area contributed by atoms with Crippen molar-refractivity contribution >= 4 is 27.6 Å². The molecule has 1 heterocycles. The summed E-state index contributed by atoms with van der Waals surface area (Å²) in [4.78, 5) is 28.6. The molecule has 4 aromatic rings. The highest BCUT2D eigenvalue weighted by molar-refractivity contribution is 7.92. The zero-order valence-corrected chi connectivity index (χ0v) is 28.5. The molecular weight excluding hydrogens is 627 g/mol. The maximum Gasteiger partial charge on any atom is 0.394 e. The number of carbonyl (C=O) groups is 2. The second-order valence-corrected chi connectivity index (χ2v) is 14.5. The van der Waals surface area contributed by atoms with Gasteiger partial charge in [0.25, 0.3) is 10.0 Å². The average Bonchev–Trinajstić information content (AvgIpc) is 3.11. The van der Waals surface area contributed by atoms with E-state index in [4.69, 9.17) is 4.74 Å². The number of carbonyl (C=O) groups excluding carboxylic acids is 1. The van der Waals surface area contributed by atoms with Crippen molar-refractivity contribution in [2.24, 2.45) is 5.92 Å². The quantitative estimate of drug-likeness (QED) is 0.222. The van der Waals surface area contributed by atoms with Gasteiger partial charge in [0.1, 0.15) is 5.75 Å². The van der Waals surface area contributed by atoms with Crippen LogP contribution in [-0.2, 0) is 32.7 Å². The fourth-order valence-corrected chi connectivity index (χ4v) is 7.28. The van der Waals surface area contributed by atoms with E-state index in [-0.39, 0.29) is 24.5 Å². The third-order valence-corrected chi connectivity index (χ3v) is 10.1. The summed E-state index contributed by atoms with van der Waals surface area (Å²) in [6.07, 6.45) is 0.507. The first-order valence-electron chi connectivity index (χ1n) is 16.3. The first-order valence-corrected chi connectivity index (χ1v) is 17.7. The van der Waals surface area contributed by atoms with Gasteiger partial charge in [0.2, 0.25) is 0 Å².